The minimum absolute atomic E-state index is 0.163. The summed E-state index contributed by atoms with van der Waals surface area (Å²) >= 11 is 1.37. The summed E-state index contributed by atoms with van der Waals surface area (Å²) in [5.74, 6) is 1.66. The van der Waals surface area contributed by atoms with Crippen LogP contribution in [0.3, 0.4) is 0 Å². The molecule has 0 unspecified atom stereocenters. The second kappa shape index (κ2) is 7.57. The van der Waals surface area contributed by atoms with E-state index in [1.807, 2.05) is 26.0 Å². The van der Waals surface area contributed by atoms with Crippen LogP contribution in [0.1, 0.15) is 26.1 Å². The van der Waals surface area contributed by atoms with Gasteiger partial charge in [0.25, 0.3) is 5.91 Å². The van der Waals surface area contributed by atoms with Gasteiger partial charge in [-0.05, 0) is 32.0 Å². The fourth-order valence-electron chi connectivity index (χ4n) is 2.51. The lowest BCUT2D eigenvalue weighted by atomic mass is 10.1. The lowest BCUT2D eigenvalue weighted by Crippen LogP contribution is -2.22. The standard InChI is InChI=1S/C18H19N3O4S/c1-10-17(26-11(2)20-10)18(22)19-9-13-8-15(25-21-13)12-5-6-14(23-3)16(7-12)24-4/h5-8H,9H2,1-4H3,(H,19,22). The number of carbonyl (C=O) groups excluding carboxylic acids is 1. The van der Waals surface area contributed by atoms with Gasteiger partial charge in [-0.15, -0.1) is 11.3 Å². The van der Waals surface area contributed by atoms with E-state index in [1.165, 1.54) is 11.3 Å². The molecular weight excluding hydrogens is 354 g/mol. The number of nitrogens with one attached hydrogen (secondary N) is 1. The Morgan fingerprint density at radius 2 is 1.96 bits per heavy atom. The summed E-state index contributed by atoms with van der Waals surface area (Å²) in [4.78, 5) is 17.1. The van der Waals surface area contributed by atoms with Crippen LogP contribution in [-0.2, 0) is 6.54 Å². The molecule has 136 valence electrons. The maximum atomic E-state index is 12.3. The average molecular weight is 373 g/mol. The van der Waals surface area contributed by atoms with Gasteiger partial charge in [0.05, 0.1) is 31.5 Å². The summed E-state index contributed by atoms with van der Waals surface area (Å²) < 4.78 is 15.9. The van der Waals surface area contributed by atoms with Crippen molar-refractivity contribution >= 4 is 17.2 Å². The third-order valence-corrected chi connectivity index (χ3v) is 4.84. The zero-order chi connectivity index (χ0) is 18.7. The molecule has 2 aromatic heterocycles. The molecule has 3 rings (SSSR count). The summed E-state index contributed by atoms with van der Waals surface area (Å²) in [6, 6.07) is 7.25. The fourth-order valence-corrected chi connectivity index (χ4v) is 3.35. The molecule has 0 radical (unpaired) electrons. The Morgan fingerprint density at radius 1 is 1.19 bits per heavy atom. The minimum Gasteiger partial charge on any atom is -0.493 e. The zero-order valence-corrected chi connectivity index (χ0v) is 15.8. The molecule has 0 saturated carbocycles. The Labute approximate surface area is 154 Å². The first-order valence-electron chi connectivity index (χ1n) is 7.92. The SMILES string of the molecule is COc1ccc(-c2cc(CNC(=O)c3sc(C)nc3C)no2)cc1OC. The van der Waals surface area contributed by atoms with E-state index in [2.05, 4.69) is 15.5 Å². The summed E-state index contributed by atoms with van der Waals surface area (Å²) in [5.41, 5.74) is 2.17. The van der Waals surface area contributed by atoms with Crippen molar-refractivity contribution in [3.8, 4) is 22.8 Å². The largest absolute Gasteiger partial charge is 0.493 e. The molecule has 2 heterocycles. The molecule has 0 bridgehead atoms. The third-order valence-electron chi connectivity index (χ3n) is 3.77. The molecule has 0 saturated heterocycles. The molecule has 3 aromatic rings. The van der Waals surface area contributed by atoms with Crippen LogP contribution in [0.5, 0.6) is 11.5 Å². The van der Waals surface area contributed by atoms with Gasteiger partial charge in [-0.25, -0.2) is 4.98 Å². The first-order chi connectivity index (χ1) is 12.5. The zero-order valence-electron chi connectivity index (χ0n) is 15.0. The first-order valence-corrected chi connectivity index (χ1v) is 8.73. The van der Waals surface area contributed by atoms with Crippen LogP contribution < -0.4 is 14.8 Å². The number of nitrogens with zero attached hydrogens (tertiary/aromatic N) is 2. The van der Waals surface area contributed by atoms with E-state index < -0.39 is 0 Å². The second-order valence-corrected chi connectivity index (χ2v) is 6.79. The van der Waals surface area contributed by atoms with Crippen LogP contribution in [0.4, 0.5) is 0 Å². The van der Waals surface area contributed by atoms with E-state index in [9.17, 15) is 4.79 Å². The Bertz CT molecular complexity index is 932. The van der Waals surface area contributed by atoms with Crippen molar-refractivity contribution < 1.29 is 18.8 Å². The fraction of sp³-hybridized carbons (Fsp3) is 0.278. The van der Waals surface area contributed by atoms with E-state index in [1.54, 1.807) is 26.4 Å². The molecule has 8 heteroatoms. The van der Waals surface area contributed by atoms with Gasteiger partial charge in [0.1, 0.15) is 10.6 Å². The highest BCUT2D eigenvalue weighted by atomic mass is 32.1. The molecule has 7 nitrogen and oxygen atoms in total. The van der Waals surface area contributed by atoms with Gasteiger partial charge in [-0.1, -0.05) is 5.16 Å². The summed E-state index contributed by atoms with van der Waals surface area (Å²) in [6.45, 7) is 3.97. The van der Waals surface area contributed by atoms with Gasteiger partial charge in [0, 0.05) is 11.6 Å². The first kappa shape index (κ1) is 17.9. The van der Waals surface area contributed by atoms with Crippen LogP contribution >= 0.6 is 11.3 Å². The predicted molar refractivity (Wildman–Crippen MR) is 97.8 cm³/mol. The van der Waals surface area contributed by atoms with Crippen LogP contribution in [0.2, 0.25) is 0 Å². The molecule has 1 N–H and O–H groups in total. The van der Waals surface area contributed by atoms with Crippen molar-refractivity contribution in [1.82, 2.24) is 15.5 Å². The Morgan fingerprint density at radius 3 is 2.62 bits per heavy atom. The smallest absolute Gasteiger partial charge is 0.263 e. The van der Waals surface area contributed by atoms with Crippen molar-refractivity contribution in [3.63, 3.8) is 0 Å². The Kier molecular flexibility index (Phi) is 5.22. The van der Waals surface area contributed by atoms with Crippen LogP contribution in [0.25, 0.3) is 11.3 Å². The van der Waals surface area contributed by atoms with Crippen molar-refractivity contribution in [2.24, 2.45) is 0 Å². The van der Waals surface area contributed by atoms with Gasteiger partial charge in [-0.2, -0.15) is 0 Å². The number of hydrogen-bond donors (Lipinski definition) is 1. The summed E-state index contributed by atoms with van der Waals surface area (Å²) in [6.07, 6.45) is 0. The number of rotatable bonds is 6. The predicted octanol–water partition coefficient (Wildman–Crippen LogP) is 3.36. The van der Waals surface area contributed by atoms with E-state index >= 15 is 0 Å². The number of amides is 1. The molecule has 1 amide bonds. The van der Waals surface area contributed by atoms with E-state index in [0.29, 0.717) is 27.8 Å². The molecule has 0 spiro atoms. The van der Waals surface area contributed by atoms with E-state index in [-0.39, 0.29) is 12.5 Å². The minimum atomic E-state index is -0.163. The third kappa shape index (κ3) is 3.70. The number of benzene rings is 1. The highest BCUT2D eigenvalue weighted by Crippen LogP contribution is 2.32. The molecule has 1 aromatic carbocycles. The van der Waals surface area contributed by atoms with Crippen molar-refractivity contribution in [3.05, 3.63) is 45.5 Å². The number of methoxy groups -OCH3 is 2. The van der Waals surface area contributed by atoms with Crippen LogP contribution in [0, 0.1) is 13.8 Å². The number of aryl methyl sites for hydroxylation is 2. The van der Waals surface area contributed by atoms with Crippen molar-refractivity contribution in [2.75, 3.05) is 14.2 Å². The van der Waals surface area contributed by atoms with Crippen molar-refractivity contribution in [2.45, 2.75) is 20.4 Å². The lowest BCUT2D eigenvalue weighted by Gasteiger charge is -2.07. The highest BCUT2D eigenvalue weighted by molar-refractivity contribution is 7.13. The number of carbonyl (C=O) groups is 1. The molecule has 0 fully saturated rings. The highest BCUT2D eigenvalue weighted by Gasteiger charge is 2.15. The molecule has 26 heavy (non-hydrogen) atoms. The Hall–Kier alpha value is -2.87. The normalized spacial score (nSPS) is 10.6. The second-order valence-electron chi connectivity index (χ2n) is 5.58. The van der Waals surface area contributed by atoms with Gasteiger partial charge in [-0.3, -0.25) is 4.79 Å². The molecule has 0 atom stereocenters. The average Bonchev–Trinajstić information content (AvgIpc) is 3.25. The maximum absolute atomic E-state index is 12.3. The van der Waals surface area contributed by atoms with E-state index in [4.69, 9.17) is 14.0 Å². The maximum Gasteiger partial charge on any atom is 0.263 e. The summed E-state index contributed by atoms with van der Waals surface area (Å²) in [7, 11) is 3.16. The Balaban J connectivity index is 1.70. The molecular formula is C18H19N3O4S. The van der Waals surface area contributed by atoms with Gasteiger partial charge in [0.15, 0.2) is 17.3 Å². The number of thiazole rings is 1. The molecule has 0 aliphatic rings. The van der Waals surface area contributed by atoms with Gasteiger partial charge in [0.2, 0.25) is 0 Å². The van der Waals surface area contributed by atoms with Gasteiger partial charge >= 0.3 is 0 Å². The molecule has 0 aliphatic heterocycles. The number of hydrogen-bond acceptors (Lipinski definition) is 7. The number of aromatic nitrogens is 2. The molecule has 0 aliphatic carbocycles. The van der Waals surface area contributed by atoms with E-state index in [0.717, 1.165) is 16.3 Å². The van der Waals surface area contributed by atoms with Crippen LogP contribution in [0.15, 0.2) is 28.8 Å². The van der Waals surface area contributed by atoms with Gasteiger partial charge < -0.3 is 19.3 Å². The quantitative estimate of drug-likeness (QED) is 0.713. The summed E-state index contributed by atoms with van der Waals surface area (Å²) in [5, 5.41) is 7.71. The van der Waals surface area contributed by atoms with Crippen molar-refractivity contribution in [1.29, 1.82) is 0 Å². The topological polar surface area (TPSA) is 86.5 Å². The van der Waals surface area contributed by atoms with Crippen LogP contribution in [-0.4, -0.2) is 30.3 Å². The lowest BCUT2D eigenvalue weighted by molar-refractivity contribution is 0.0953. The number of ether oxygens (including phenoxy) is 2. The monoisotopic (exact) mass is 373 g/mol.